The molecule has 184 valence electrons. The highest BCUT2D eigenvalue weighted by Gasteiger charge is 2.43. The number of ether oxygens (including phenoxy) is 2. The van der Waals surface area contributed by atoms with Gasteiger partial charge in [0.2, 0.25) is 5.91 Å². The highest BCUT2D eigenvalue weighted by Crippen LogP contribution is 2.45. The van der Waals surface area contributed by atoms with E-state index in [1.54, 1.807) is 42.5 Å². The number of allylic oxidation sites excluding steroid dienone is 1. The van der Waals surface area contributed by atoms with Gasteiger partial charge in [-0.1, -0.05) is 50.2 Å². The van der Waals surface area contributed by atoms with E-state index in [9.17, 15) is 19.6 Å². The van der Waals surface area contributed by atoms with Gasteiger partial charge in [-0.05, 0) is 23.3 Å². The van der Waals surface area contributed by atoms with Gasteiger partial charge in [-0.3, -0.25) is 9.69 Å². The van der Waals surface area contributed by atoms with E-state index < -0.39 is 23.3 Å². The van der Waals surface area contributed by atoms with E-state index in [2.05, 4.69) is 11.4 Å². The maximum absolute atomic E-state index is 13.2. The summed E-state index contributed by atoms with van der Waals surface area (Å²) in [5, 5.41) is 13.0. The molecule has 0 saturated heterocycles. The number of hydrogen-bond acceptors (Lipinski definition) is 8. The maximum atomic E-state index is 13.2. The van der Waals surface area contributed by atoms with Crippen LogP contribution < -0.4 is 16.0 Å². The van der Waals surface area contributed by atoms with Crippen LogP contribution in [-0.2, 0) is 29.3 Å². The number of anilines is 2. The van der Waals surface area contributed by atoms with Crippen molar-refractivity contribution < 1.29 is 23.9 Å². The quantitative estimate of drug-likeness (QED) is 0.629. The number of fused-ring (bicyclic) bond motifs is 1. The van der Waals surface area contributed by atoms with Crippen molar-refractivity contribution in [2.24, 2.45) is 5.73 Å². The summed E-state index contributed by atoms with van der Waals surface area (Å²) in [5.74, 6) is -2.78. The predicted octanol–water partition coefficient (Wildman–Crippen LogP) is 3.20. The van der Waals surface area contributed by atoms with Crippen molar-refractivity contribution in [3.63, 3.8) is 0 Å². The normalized spacial score (nSPS) is 18.7. The molecule has 0 bridgehead atoms. The van der Waals surface area contributed by atoms with E-state index in [0.717, 1.165) is 5.56 Å². The fourth-order valence-electron chi connectivity index (χ4n) is 4.84. The number of nitriles is 1. The molecule has 9 heteroatoms. The Morgan fingerprint density at radius 2 is 1.78 bits per heavy atom. The molecule has 9 nitrogen and oxygen atoms in total. The monoisotopic (exact) mass is 486 g/mol. The Bertz CT molecular complexity index is 1370. The lowest BCUT2D eigenvalue weighted by molar-refractivity contribution is -0.139. The lowest BCUT2D eigenvalue weighted by atomic mass is 9.77. The minimum Gasteiger partial charge on any atom is -0.466 e. The summed E-state index contributed by atoms with van der Waals surface area (Å²) in [5.41, 5.74) is 8.35. The van der Waals surface area contributed by atoms with Crippen molar-refractivity contribution >= 4 is 29.2 Å². The summed E-state index contributed by atoms with van der Waals surface area (Å²) in [6.07, 6.45) is 0.322. The minimum atomic E-state index is -0.953. The third kappa shape index (κ3) is 3.96. The second-order valence-corrected chi connectivity index (χ2v) is 9.17. The largest absolute Gasteiger partial charge is 0.466 e. The van der Waals surface area contributed by atoms with Gasteiger partial charge < -0.3 is 20.5 Å². The summed E-state index contributed by atoms with van der Waals surface area (Å²) in [6, 6.07) is 16.1. The lowest BCUT2D eigenvalue weighted by Gasteiger charge is -2.37. The highest BCUT2D eigenvalue weighted by atomic mass is 16.5. The Morgan fingerprint density at radius 3 is 2.39 bits per heavy atom. The van der Waals surface area contributed by atoms with Gasteiger partial charge in [-0.25, -0.2) is 9.59 Å². The summed E-state index contributed by atoms with van der Waals surface area (Å²) >= 11 is 0. The molecule has 2 aromatic rings. The van der Waals surface area contributed by atoms with Gasteiger partial charge in [0.15, 0.2) is 0 Å². The topological polar surface area (TPSA) is 135 Å². The van der Waals surface area contributed by atoms with Crippen LogP contribution in [0.4, 0.5) is 11.4 Å². The van der Waals surface area contributed by atoms with Crippen molar-refractivity contribution in [1.29, 1.82) is 5.26 Å². The molecule has 3 N–H and O–H groups in total. The first-order chi connectivity index (χ1) is 17.1. The summed E-state index contributed by atoms with van der Waals surface area (Å²) in [7, 11) is 2.39. The van der Waals surface area contributed by atoms with Gasteiger partial charge in [0.1, 0.15) is 11.5 Å². The van der Waals surface area contributed by atoms with Crippen LogP contribution in [0.25, 0.3) is 0 Å². The van der Waals surface area contributed by atoms with Crippen LogP contribution in [0.3, 0.4) is 0 Å². The van der Waals surface area contributed by atoms with E-state index in [4.69, 9.17) is 15.2 Å². The minimum absolute atomic E-state index is 0.0410. The van der Waals surface area contributed by atoms with Crippen LogP contribution in [0.15, 0.2) is 71.2 Å². The fourth-order valence-corrected chi connectivity index (χ4v) is 4.84. The van der Waals surface area contributed by atoms with E-state index in [1.807, 2.05) is 19.9 Å². The smallest absolute Gasteiger partial charge is 0.355 e. The van der Waals surface area contributed by atoms with Crippen LogP contribution in [-0.4, -0.2) is 32.1 Å². The number of amides is 1. The highest BCUT2D eigenvalue weighted by molar-refractivity contribution is 6.06. The Kier molecular flexibility index (Phi) is 6.29. The van der Waals surface area contributed by atoms with E-state index in [-0.39, 0.29) is 28.6 Å². The van der Waals surface area contributed by atoms with Crippen LogP contribution in [0.1, 0.15) is 37.3 Å². The predicted molar refractivity (Wildman–Crippen MR) is 132 cm³/mol. The zero-order valence-corrected chi connectivity index (χ0v) is 20.4. The zero-order valence-electron chi connectivity index (χ0n) is 20.4. The number of hydrogen-bond donors (Lipinski definition) is 2. The SMILES string of the molecule is COC(=O)C1=C(C(=O)OC)N(c2ccc3c(c2)NC(=O)CC3(C)C)C(N)=C(C#N)C1c1ccccc1. The lowest BCUT2D eigenvalue weighted by Crippen LogP contribution is -2.41. The van der Waals surface area contributed by atoms with Crippen LogP contribution >= 0.6 is 0 Å². The molecule has 1 amide bonds. The second-order valence-electron chi connectivity index (χ2n) is 9.17. The van der Waals surface area contributed by atoms with Crippen molar-refractivity contribution in [3.8, 4) is 6.07 Å². The average molecular weight is 487 g/mol. The molecule has 0 aromatic heterocycles. The number of esters is 2. The average Bonchev–Trinajstić information content (AvgIpc) is 2.86. The van der Waals surface area contributed by atoms with Crippen molar-refractivity contribution in [2.45, 2.75) is 31.6 Å². The summed E-state index contributed by atoms with van der Waals surface area (Å²) in [6.45, 7) is 3.93. The molecule has 36 heavy (non-hydrogen) atoms. The molecule has 1 atom stereocenters. The number of carbonyl (C=O) groups is 3. The molecule has 0 saturated carbocycles. The number of benzene rings is 2. The summed E-state index contributed by atoms with van der Waals surface area (Å²) < 4.78 is 10.1. The summed E-state index contributed by atoms with van der Waals surface area (Å²) in [4.78, 5) is 40.0. The zero-order chi connectivity index (χ0) is 26.2. The first-order valence-electron chi connectivity index (χ1n) is 11.2. The Labute approximate surface area is 208 Å². The molecular formula is C27H26N4O5. The van der Waals surface area contributed by atoms with Gasteiger partial charge in [-0.15, -0.1) is 0 Å². The maximum Gasteiger partial charge on any atom is 0.355 e. The van der Waals surface area contributed by atoms with E-state index >= 15 is 0 Å². The van der Waals surface area contributed by atoms with Gasteiger partial charge in [-0.2, -0.15) is 5.26 Å². The third-order valence-corrected chi connectivity index (χ3v) is 6.48. The molecule has 1 unspecified atom stereocenters. The number of nitrogens with zero attached hydrogens (tertiary/aromatic N) is 2. The molecule has 0 fully saturated rings. The van der Waals surface area contributed by atoms with E-state index in [1.165, 1.54) is 19.1 Å². The molecule has 0 spiro atoms. The van der Waals surface area contributed by atoms with Gasteiger partial charge in [0.25, 0.3) is 0 Å². The number of nitrogens with one attached hydrogen (secondary N) is 1. The van der Waals surface area contributed by atoms with Gasteiger partial charge in [0, 0.05) is 23.2 Å². The van der Waals surface area contributed by atoms with Crippen molar-refractivity contribution in [2.75, 3.05) is 24.4 Å². The van der Waals surface area contributed by atoms with Gasteiger partial charge >= 0.3 is 11.9 Å². The van der Waals surface area contributed by atoms with Crippen molar-refractivity contribution in [3.05, 3.63) is 82.3 Å². The Balaban J connectivity index is 2.02. The molecule has 0 aliphatic carbocycles. The molecule has 2 aliphatic heterocycles. The molecule has 2 aliphatic rings. The third-order valence-electron chi connectivity index (χ3n) is 6.48. The molecular weight excluding hydrogens is 460 g/mol. The first-order valence-corrected chi connectivity index (χ1v) is 11.2. The first kappa shape index (κ1) is 24.5. The number of nitrogens with two attached hydrogens (primary N) is 1. The molecule has 4 rings (SSSR count). The number of carbonyl (C=O) groups excluding carboxylic acids is 3. The van der Waals surface area contributed by atoms with Gasteiger partial charge in [0.05, 0.1) is 37.4 Å². The Hall–Kier alpha value is -4.58. The van der Waals surface area contributed by atoms with Crippen molar-refractivity contribution in [1.82, 2.24) is 0 Å². The number of methoxy groups -OCH3 is 2. The number of rotatable bonds is 4. The van der Waals surface area contributed by atoms with E-state index in [0.29, 0.717) is 23.4 Å². The Morgan fingerprint density at radius 1 is 1.11 bits per heavy atom. The standard InChI is InChI=1S/C27H26N4O5/c1-27(2)13-20(32)30-19-12-16(10-11-18(19)27)31-23(26(34)36-4)22(25(33)35-3)21(17(14-28)24(31)29)15-8-6-5-7-9-15/h5-12,21H,13,29H2,1-4H3,(H,30,32). The van der Waals surface area contributed by atoms with Crippen LogP contribution in [0, 0.1) is 11.3 Å². The fraction of sp³-hybridized carbons (Fsp3) is 0.259. The van der Waals surface area contributed by atoms with Crippen LogP contribution in [0.2, 0.25) is 0 Å². The second kappa shape index (κ2) is 9.23. The van der Waals surface area contributed by atoms with Crippen LogP contribution in [0.5, 0.6) is 0 Å². The molecule has 2 heterocycles. The molecule has 0 radical (unpaired) electrons. The molecule has 2 aromatic carbocycles.